The average Bonchev–Trinajstić information content (AvgIpc) is 3.14. The van der Waals surface area contributed by atoms with Crippen LogP contribution in [0, 0.1) is 12.7 Å². The molecule has 1 aliphatic heterocycles. The maximum Gasteiger partial charge on any atom is 0.326 e. The second kappa shape index (κ2) is 6.12. The predicted octanol–water partition coefficient (Wildman–Crippen LogP) is 3.55. The Kier molecular flexibility index (Phi) is 4.17. The minimum absolute atomic E-state index is 0.239. The van der Waals surface area contributed by atoms with Gasteiger partial charge in [-0.25, -0.2) is 9.18 Å². The standard InChI is InChI=1S/C17H16FNO3S/c1-10-9-14(16(20)19-8-2-3-13(19)17(21)22)23-15(10)11-4-6-12(18)7-5-11/h4-7,9,13H,2-3,8H2,1H3,(H,21,22)/t13-/m1/s1. The molecule has 23 heavy (non-hydrogen) atoms. The lowest BCUT2D eigenvalue weighted by Gasteiger charge is -2.20. The van der Waals surface area contributed by atoms with Crippen molar-refractivity contribution in [3.8, 4) is 10.4 Å². The normalized spacial score (nSPS) is 17.5. The van der Waals surface area contributed by atoms with E-state index in [-0.39, 0.29) is 11.7 Å². The van der Waals surface area contributed by atoms with Crippen molar-refractivity contribution in [1.82, 2.24) is 4.90 Å². The molecule has 1 N–H and O–H groups in total. The molecular weight excluding hydrogens is 317 g/mol. The van der Waals surface area contributed by atoms with Gasteiger partial charge in [-0.2, -0.15) is 0 Å². The predicted molar refractivity (Wildman–Crippen MR) is 86.1 cm³/mol. The topological polar surface area (TPSA) is 57.6 Å². The Balaban J connectivity index is 1.90. The van der Waals surface area contributed by atoms with Gasteiger partial charge < -0.3 is 10.0 Å². The summed E-state index contributed by atoms with van der Waals surface area (Å²) in [5.74, 6) is -1.50. The van der Waals surface area contributed by atoms with E-state index >= 15 is 0 Å². The van der Waals surface area contributed by atoms with E-state index in [0.717, 1.165) is 16.0 Å². The largest absolute Gasteiger partial charge is 0.480 e. The highest BCUT2D eigenvalue weighted by atomic mass is 32.1. The van der Waals surface area contributed by atoms with Gasteiger partial charge in [0.15, 0.2) is 0 Å². The van der Waals surface area contributed by atoms with E-state index in [4.69, 9.17) is 0 Å². The Morgan fingerprint density at radius 3 is 2.65 bits per heavy atom. The molecule has 6 heteroatoms. The average molecular weight is 333 g/mol. The van der Waals surface area contributed by atoms with Gasteiger partial charge in [-0.05, 0) is 49.1 Å². The van der Waals surface area contributed by atoms with Crippen LogP contribution in [0.2, 0.25) is 0 Å². The number of hydrogen-bond acceptors (Lipinski definition) is 3. The van der Waals surface area contributed by atoms with Crippen molar-refractivity contribution >= 4 is 23.2 Å². The van der Waals surface area contributed by atoms with Crippen LogP contribution in [-0.4, -0.2) is 34.5 Å². The first-order valence-electron chi connectivity index (χ1n) is 7.37. The monoisotopic (exact) mass is 333 g/mol. The van der Waals surface area contributed by atoms with Crippen molar-refractivity contribution in [2.45, 2.75) is 25.8 Å². The zero-order chi connectivity index (χ0) is 16.6. The summed E-state index contributed by atoms with van der Waals surface area (Å²) in [6.45, 7) is 2.36. The van der Waals surface area contributed by atoms with Crippen molar-refractivity contribution < 1.29 is 19.1 Å². The van der Waals surface area contributed by atoms with E-state index in [1.807, 2.05) is 6.92 Å². The first-order valence-corrected chi connectivity index (χ1v) is 8.19. The number of nitrogens with zero attached hydrogens (tertiary/aromatic N) is 1. The molecule has 1 atom stereocenters. The maximum atomic E-state index is 13.0. The Labute approximate surface area is 137 Å². The fourth-order valence-electron chi connectivity index (χ4n) is 2.88. The summed E-state index contributed by atoms with van der Waals surface area (Å²) in [7, 11) is 0. The van der Waals surface area contributed by atoms with E-state index < -0.39 is 12.0 Å². The number of thiophene rings is 1. The highest BCUT2D eigenvalue weighted by molar-refractivity contribution is 7.17. The van der Waals surface area contributed by atoms with Crippen LogP contribution in [0.15, 0.2) is 30.3 Å². The number of carboxylic acid groups (broad SMARTS) is 1. The molecule has 120 valence electrons. The van der Waals surface area contributed by atoms with Crippen molar-refractivity contribution in [2.75, 3.05) is 6.54 Å². The van der Waals surface area contributed by atoms with E-state index in [1.165, 1.54) is 28.4 Å². The molecule has 1 fully saturated rings. The summed E-state index contributed by atoms with van der Waals surface area (Å²) < 4.78 is 13.0. The van der Waals surface area contributed by atoms with Crippen LogP contribution in [0.4, 0.5) is 4.39 Å². The summed E-state index contributed by atoms with van der Waals surface area (Å²) >= 11 is 1.32. The number of aliphatic carboxylic acids is 1. The molecule has 0 saturated carbocycles. The number of aryl methyl sites for hydroxylation is 1. The third-order valence-corrected chi connectivity index (χ3v) is 5.31. The van der Waals surface area contributed by atoms with Crippen LogP contribution >= 0.6 is 11.3 Å². The number of hydrogen-bond donors (Lipinski definition) is 1. The second-order valence-corrected chi connectivity index (χ2v) is 6.68. The molecule has 0 bridgehead atoms. The number of likely N-dealkylation sites (tertiary alicyclic amines) is 1. The Morgan fingerprint density at radius 1 is 1.30 bits per heavy atom. The minimum atomic E-state index is -0.956. The molecular formula is C17H16FNO3S. The number of carboxylic acids is 1. The zero-order valence-electron chi connectivity index (χ0n) is 12.6. The lowest BCUT2D eigenvalue weighted by atomic mass is 10.1. The van der Waals surface area contributed by atoms with Crippen LogP contribution in [0.3, 0.4) is 0 Å². The van der Waals surface area contributed by atoms with Crippen LogP contribution in [0.1, 0.15) is 28.1 Å². The molecule has 3 rings (SSSR count). The van der Waals surface area contributed by atoms with E-state index in [1.54, 1.807) is 18.2 Å². The lowest BCUT2D eigenvalue weighted by molar-refractivity contribution is -0.141. The number of halogens is 1. The van der Waals surface area contributed by atoms with Crippen LogP contribution in [0.5, 0.6) is 0 Å². The van der Waals surface area contributed by atoms with Gasteiger partial charge in [-0.1, -0.05) is 12.1 Å². The Hall–Kier alpha value is -2.21. The van der Waals surface area contributed by atoms with Gasteiger partial charge in [0.2, 0.25) is 0 Å². The number of amides is 1. The van der Waals surface area contributed by atoms with Gasteiger partial charge in [0.25, 0.3) is 5.91 Å². The van der Waals surface area contributed by atoms with Crippen molar-refractivity contribution in [2.24, 2.45) is 0 Å². The smallest absolute Gasteiger partial charge is 0.326 e. The summed E-state index contributed by atoms with van der Waals surface area (Å²) in [5.41, 5.74) is 1.78. The third kappa shape index (κ3) is 2.99. The first kappa shape index (κ1) is 15.7. The first-order chi connectivity index (χ1) is 11.0. The number of benzene rings is 1. The molecule has 0 unspecified atom stereocenters. The van der Waals surface area contributed by atoms with Crippen molar-refractivity contribution in [1.29, 1.82) is 0 Å². The summed E-state index contributed by atoms with van der Waals surface area (Å²) in [6, 6.07) is 7.17. The summed E-state index contributed by atoms with van der Waals surface area (Å²) in [4.78, 5) is 26.7. The van der Waals surface area contributed by atoms with Crippen LogP contribution in [-0.2, 0) is 4.79 Å². The van der Waals surface area contributed by atoms with Gasteiger partial charge in [0.1, 0.15) is 11.9 Å². The summed E-state index contributed by atoms with van der Waals surface area (Å²) in [5, 5.41) is 9.22. The third-order valence-electron chi connectivity index (χ3n) is 4.03. The molecule has 2 aromatic rings. The lowest BCUT2D eigenvalue weighted by Crippen LogP contribution is -2.40. The number of carbonyl (C=O) groups is 2. The van der Waals surface area contributed by atoms with Gasteiger partial charge in [0.05, 0.1) is 4.88 Å². The van der Waals surface area contributed by atoms with E-state index in [2.05, 4.69) is 0 Å². The molecule has 1 aromatic carbocycles. The quantitative estimate of drug-likeness (QED) is 0.934. The van der Waals surface area contributed by atoms with Gasteiger partial charge in [-0.15, -0.1) is 11.3 Å². The fraction of sp³-hybridized carbons (Fsp3) is 0.294. The fourth-order valence-corrected chi connectivity index (χ4v) is 4.02. The van der Waals surface area contributed by atoms with E-state index in [0.29, 0.717) is 24.3 Å². The molecule has 0 aliphatic carbocycles. The molecule has 0 spiro atoms. The molecule has 1 saturated heterocycles. The second-order valence-electron chi connectivity index (χ2n) is 5.62. The SMILES string of the molecule is Cc1cc(C(=O)N2CCC[C@@H]2C(=O)O)sc1-c1ccc(F)cc1. The van der Waals surface area contributed by atoms with Crippen molar-refractivity contribution in [3.63, 3.8) is 0 Å². The molecule has 1 amide bonds. The van der Waals surface area contributed by atoms with Gasteiger partial charge in [0, 0.05) is 11.4 Å². The van der Waals surface area contributed by atoms with E-state index in [9.17, 15) is 19.1 Å². The summed E-state index contributed by atoms with van der Waals surface area (Å²) in [6.07, 6.45) is 1.20. The minimum Gasteiger partial charge on any atom is -0.480 e. The highest BCUT2D eigenvalue weighted by Crippen LogP contribution is 2.34. The molecule has 1 aliphatic rings. The van der Waals surface area contributed by atoms with Gasteiger partial charge in [-0.3, -0.25) is 4.79 Å². The zero-order valence-corrected chi connectivity index (χ0v) is 13.4. The van der Waals surface area contributed by atoms with Crippen LogP contribution < -0.4 is 0 Å². The molecule has 1 aromatic heterocycles. The number of rotatable bonds is 3. The van der Waals surface area contributed by atoms with Crippen molar-refractivity contribution in [3.05, 3.63) is 46.6 Å². The highest BCUT2D eigenvalue weighted by Gasteiger charge is 2.35. The maximum absolute atomic E-state index is 13.0. The Morgan fingerprint density at radius 2 is 2.00 bits per heavy atom. The number of carbonyl (C=O) groups excluding carboxylic acids is 1. The molecule has 0 radical (unpaired) electrons. The molecule has 4 nitrogen and oxygen atoms in total. The Bertz CT molecular complexity index is 754. The van der Waals surface area contributed by atoms with Crippen LogP contribution in [0.25, 0.3) is 10.4 Å². The molecule has 2 heterocycles. The van der Waals surface area contributed by atoms with Gasteiger partial charge >= 0.3 is 5.97 Å².